The highest BCUT2D eigenvalue weighted by Gasteiger charge is 2.17. The Labute approximate surface area is 170 Å². The molecule has 3 heterocycles. The molecule has 4 rings (SSSR count). The normalized spacial score (nSPS) is 11.2. The number of nitrogens with zero attached hydrogens (tertiary/aromatic N) is 5. The zero-order valence-electron chi connectivity index (χ0n) is 15.4. The summed E-state index contributed by atoms with van der Waals surface area (Å²) >= 11 is 3.04. The molecule has 0 aliphatic heterocycles. The summed E-state index contributed by atoms with van der Waals surface area (Å²) in [5.41, 5.74) is 8.70. The summed E-state index contributed by atoms with van der Waals surface area (Å²) in [5, 5.41) is 13.1. The predicted octanol–water partition coefficient (Wildman–Crippen LogP) is 3.36. The van der Waals surface area contributed by atoms with E-state index in [0.29, 0.717) is 11.6 Å². The molecule has 0 bridgehead atoms. The van der Waals surface area contributed by atoms with Crippen LogP contribution in [0.1, 0.15) is 17.8 Å². The Kier molecular flexibility index (Phi) is 5.10. The molecule has 0 unspecified atom stereocenters. The molecule has 1 aromatic carbocycles. The number of hydrogen-bond donors (Lipinski definition) is 1. The number of nitrogens with two attached hydrogens (primary N) is 1. The van der Waals surface area contributed by atoms with Crippen LogP contribution in [0.4, 0.5) is 0 Å². The van der Waals surface area contributed by atoms with Gasteiger partial charge in [-0.15, -0.1) is 21.5 Å². The van der Waals surface area contributed by atoms with Gasteiger partial charge >= 0.3 is 0 Å². The summed E-state index contributed by atoms with van der Waals surface area (Å²) < 4.78 is 1.87. The SMILES string of the molecule is Cc1ccc(-c2csc3ncnc(Sc4nnc(CCC(N)=O)n4C)c23)cc1. The van der Waals surface area contributed by atoms with Gasteiger partial charge in [-0.25, -0.2) is 9.97 Å². The molecular formula is C19H18N6OS2. The van der Waals surface area contributed by atoms with Crippen molar-refractivity contribution in [3.05, 3.63) is 47.4 Å². The number of rotatable bonds is 6. The summed E-state index contributed by atoms with van der Waals surface area (Å²) in [5.74, 6) is 0.367. The smallest absolute Gasteiger partial charge is 0.217 e. The largest absolute Gasteiger partial charge is 0.370 e. The zero-order valence-corrected chi connectivity index (χ0v) is 17.0. The van der Waals surface area contributed by atoms with Crippen molar-refractivity contribution in [2.45, 2.75) is 29.9 Å². The Bertz CT molecular complexity index is 1150. The first kappa shape index (κ1) is 18.6. The van der Waals surface area contributed by atoms with E-state index in [9.17, 15) is 4.79 Å². The molecule has 0 aliphatic rings. The zero-order chi connectivity index (χ0) is 19.7. The number of benzene rings is 1. The third-order valence-electron chi connectivity index (χ3n) is 4.41. The fraction of sp³-hybridized carbons (Fsp3) is 0.211. The molecule has 142 valence electrons. The lowest BCUT2D eigenvalue weighted by Gasteiger charge is -2.06. The average molecular weight is 411 g/mol. The van der Waals surface area contributed by atoms with Crippen LogP contribution >= 0.6 is 23.1 Å². The fourth-order valence-electron chi connectivity index (χ4n) is 2.84. The van der Waals surface area contributed by atoms with Crippen LogP contribution in [-0.4, -0.2) is 30.6 Å². The molecular weight excluding hydrogens is 392 g/mol. The molecule has 0 radical (unpaired) electrons. The number of amides is 1. The van der Waals surface area contributed by atoms with Crippen LogP contribution in [0.2, 0.25) is 0 Å². The van der Waals surface area contributed by atoms with E-state index in [4.69, 9.17) is 5.73 Å². The van der Waals surface area contributed by atoms with Crippen LogP contribution in [0.5, 0.6) is 0 Å². The second-order valence-electron chi connectivity index (χ2n) is 6.40. The fourth-order valence-corrected chi connectivity index (χ4v) is 4.73. The first-order chi connectivity index (χ1) is 13.5. The average Bonchev–Trinajstić information content (AvgIpc) is 3.26. The minimum absolute atomic E-state index is 0.247. The predicted molar refractivity (Wildman–Crippen MR) is 110 cm³/mol. The Morgan fingerprint density at radius 2 is 2.00 bits per heavy atom. The maximum Gasteiger partial charge on any atom is 0.217 e. The molecule has 0 saturated carbocycles. The Hall–Kier alpha value is -2.78. The van der Waals surface area contributed by atoms with Gasteiger partial charge in [0.2, 0.25) is 5.91 Å². The van der Waals surface area contributed by atoms with Crippen molar-refractivity contribution < 1.29 is 4.79 Å². The monoisotopic (exact) mass is 410 g/mol. The summed E-state index contributed by atoms with van der Waals surface area (Å²) in [6, 6.07) is 8.43. The van der Waals surface area contributed by atoms with Gasteiger partial charge in [0.05, 0.1) is 5.39 Å². The van der Waals surface area contributed by atoms with E-state index in [1.54, 1.807) is 17.7 Å². The highest BCUT2D eigenvalue weighted by atomic mass is 32.2. The lowest BCUT2D eigenvalue weighted by Crippen LogP contribution is -2.12. The number of thiophene rings is 1. The molecule has 0 saturated heterocycles. The number of primary amides is 1. The van der Waals surface area contributed by atoms with E-state index < -0.39 is 0 Å². The van der Waals surface area contributed by atoms with Crippen LogP contribution in [-0.2, 0) is 18.3 Å². The first-order valence-corrected chi connectivity index (χ1v) is 10.4. The Balaban J connectivity index is 1.71. The number of carbonyl (C=O) groups is 1. The lowest BCUT2D eigenvalue weighted by molar-refractivity contribution is -0.118. The minimum atomic E-state index is -0.351. The van der Waals surface area contributed by atoms with E-state index in [0.717, 1.165) is 32.2 Å². The van der Waals surface area contributed by atoms with Crippen LogP contribution in [0.15, 0.2) is 46.2 Å². The van der Waals surface area contributed by atoms with Crippen molar-refractivity contribution in [2.75, 3.05) is 0 Å². The number of hydrogen-bond acceptors (Lipinski definition) is 7. The molecule has 0 spiro atoms. The molecule has 4 aromatic rings. The van der Waals surface area contributed by atoms with Crippen molar-refractivity contribution in [1.29, 1.82) is 0 Å². The van der Waals surface area contributed by atoms with Gasteiger partial charge in [0, 0.05) is 30.8 Å². The van der Waals surface area contributed by atoms with Gasteiger partial charge in [-0.1, -0.05) is 29.8 Å². The summed E-state index contributed by atoms with van der Waals surface area (Å²) in [6.07, 6.45) is 2.28. The van der Waals surface area contributed by atoms with Crippen molar-refractivity contribution in [3.63, 3.8) is 0 Å². The summed E-state index contributed by atoms with van der Waals surface area (Å²) in [4.78, 5) is 20.9. The number of aryl methyl sites for hydroxylation is 2. The van der Waals surface area contributed by atoms with Gasteiger partial charge in [-0.3, -0.25) is 4.79 Å². The molecule has 0 fully saturated rings. The number of carbonyl (C=O) groups excluding carboxylic acids is 1. The topological polar surface area (TPSA) is 99.6 Å². The standard InChI is InChI=1S/C19H18N6OS2/c1-11-3-5-12(6-4-11)13-9-27-17-16(13)18(22-10-21-17)28-19-24-23-15(25(19)2)8-7-14(20)26/h3-6,9-10H,7-8H2,1-2H3,(H2,20,26). The highest BCUT2D eigenvalue weighted by molar-refractivity contribution is 7.99. The lowest BCUT2D eigenvalue weighted by atomic mass is 10.1. The van der Waals surface area contributed by atoms with E-state index >= 15 is 0 Å². The van der Waals surface area contributed by atoms with Gasteiger partial charge in [-0.2, -0.15) is 0 Å². The number of aromatic nitrogens is 5. The van der Waals surface area contributed by atoms with Crippen LogP contribution in [0.3, 0.4) is 0 Å². The van der Waals surface area contributed by atoms with E-state index in [-0.39, 0.29) is 12.3 Å². The summed E-state index contributed by atoms with van der Waals surface area (Å²) in [7, 11) is 1.88. The third-order valence-corrected chi connectivity index (χ3v) is 6.33. The van der Waals surface area contributed by atoms with Gasteiger partial charge in [0.25, 0.3) is 0 Å². The van der Waals surface area contributed by atoms with Gasteiger partial charge < -0.3 is 10.3 Å². The highest BCUT2D eigenvalue weighted by Crippen LogP contribution is 2.39. The van der Waals surface area contributed by atoms with E-state index in [1.807, 2.05) is 11.6 Å². The molecule has 0 atom stereocenters. The number of fused-ring (bicyclic) bond motifs is 1. The molecule has 9 heteroatoms. The molecule has 3 aromatic heterocycles. The molecule has 7 nitrogen and oxygen atoms in total. The Morgan fingerprint density at radius 1 is 1.21 bits per heavy atom. The van der Waals surface area contributed by atoms with E-state index in [1.165, 1.54) is 17.3 Å². The van der Waals surface area contributed by atoms with Crippen molar-refractivity contribution in [3.8, 4) is 11.1 Å². The Morgan fingerprint density at radius 3 is 2.75 bits per heavy atom. The maximum atomic E-state index is 11.0. The van der Waals surface area contributed by atoms with Crippen LogP contribution in [0, 0.1) is 6.92 Å². The minimum Gasteiger partial charge on any atom is -0.370 e. The van der Waals surface area contributed by atoms with Crippen LogP contribution in [0.25, 0.3) is 21.3 Å². The van der Waals surface area contributed by atoms with Crippen LogP contribution < -0.4 is 5.73 Å². The van der Waals surface area contributed by atoms with Gasteiger partial charge in [0.15, 0.2) is 5.16 Å². The molecule has 1 amide bonds. The maximum absolute atomic E-state index is 11.0. The molecule has 2 N–H and O–H groups in total. The van der Waals surface area contributed by atoms with Crippen molar-refractivity contribution in [2.24, 2.45) is 12.8 Å². The van der Waals surface area contributed by atoms with E-state index in [2.05, 4.69) is 56.7 Å². The quantitative estimate of drug-likeness (QED) is 0.489. The molecule has 0 aliphatic carbocycles. The van der Waals surface area contributed by atoms with Gasteiger partial charge in [0.1, 0.15) is 22.0 Å². The second kappa shape index (κ2) is 7.69. The summed E-state index contributed by atoms with van der Waals surface area (Å²) in [6.45, 7) is 2.07. The van der Waals surface area contributed by atoms with Crippen molar-refractivity contribution >= 4 is 39.2 Å². The first-order valence-electron chi connectivity index (χ1n) is 8.66. The third kappa shape index (κ3) is 3.63. The van der Waals surface area contributed by atoms with Crippen molar-refractivity contribution in [1.82, 2.24) is 24.7 Å². The van der Waals surface area contributed by atoms with Gasteiger partial charge in [-0.05, 0) is 24.2 Å². The second-order valence-corrected chi connectivity index (χ2v) is 8.21. The molecule has 28 heavy (non-hydrogen) atoms.